The summed E-state index contributed by atoms with van der Waals surface area (Å²) >= 11 is 0. The quantitative estimate of drug-likeness (QED) is 0.328. The zero-order chi connectivity index (χ0) is 21.2. The van der Waals surface area contributed by atoms with E-state index in [4.69, 9.17) is 5.11 Å². The Morgan fingerprint density at radius 2 is 1.20 bits per heavy atom. The zero-order valence-corrected chi connectivity index (χ0v) is 18.7. The van der Waals surface area contributed by atoms with Gasteiger partial charge in [-0.25, -0.2) is 0 Å². The van der Waals surface area contributed by atoms with Gasteiger partial charge in [-0.15, -0.1) is 0 Å². The molecule has 3 aromatic rings. The van der Waals surface area contributed by atoms with Crippen molar-refractivity contribution in [2.24, 2.45) is 0 Å². The second kappa shape index (κ2) is 11.7. The molecule has 0 amide bonds. The van der Waals surface area contributed by atoms with E-state index >= 15 is 0 Å². The molecular formula is C29H36O. The fraction of sp³-hybridized carbons (Fsp3) is 0.379. The lowest BCUT2D eigenvalue weighted by molar-refractivity contribution is 0.288. The van der Waals surface area contributed by atoms with Crippen molar-refractivity contribution in [3.05, 3.63) is 83.4 Å². The van der Waals surface area contributed by atoms with Crippen molar-refractivity contribution in [3.63, 3.8) is 0 Å². The maximum Gasteiger partial charge on any atom is 0.0434 e. The lowest BCUT2D eigenvalue weighted by atomic mass is 9.93. The molecule has 0 bridgehead atoms. The molecule has 0 spiro atoms. The van der Waals surface area contributed by atoms with Crippen LogP contribution in [-0.4, -0.2) is 11.7 Å². The smallest absolute Gasteiger partial charge is 0.0434 e. The fourth-order valence-electron chi connectivity index (χ4n) is 4.12. The summed E-state index contributed by atoms with van der Waals surface area (Å²) in [7, 11) is 0. The predicted molar refractivity (Wildman–Crippen MR) is 130 cm³/mol. The SMILES string of the molecule is CCCCCCc1ccc(-c2ccc(-c3ccc(CCCO)cc3CC)cc2)cc1. The molecule has 0 saturated carbocycles. The molecule has 0 radical (unpaired) electrons. The van der Waals surface area contributed by atoms with Gasteiger partial charge in [-0.3, -0.25) is 0 Å². The first kappa shape index (κ1) is 22.3. The van der Waals surface area contributed by atoms with Crippen LogP contribution in [0.5, 0.6) is 0 Å². The Morgan fingerprint density at radius 3 is 1.83 bits per heavy atom. The normalized spacial score (nSPS) is 11.0. The van der Waals surface area contributed by atoms with Crippen LogP contribution in [0.4, 0.5) is 0 Å². The van der Waals surface area contributed by atoms with E-state index in [1.54, 1.807) is 0 Å². The summed E-state index contributed by atoms with van der Waals surface area (Å²) in [6, 6.07) is 24.8. The van der Waals surface area contributed by atoms with Crippen LogP contribution in [0.2, 0.25) is 0 Å². The van der Waals surface area contributed by atoms with Gasteiger partial charge >= 0.3 is 0 Å². The van der Waals surface area contributed by atoms with Crippen LogP contribution in [0.3, 0.4) is 0 Å². The Bertz CT molecular complexity index is 891. The fourth-order valence-corrected chi connectivity index (χ4v) is 4.12. The molecular weight excluding hydrogens is 364 g/mol. The Kier molecular flexibility index (Phi) is 8.71. The maximum atomic E-state index is 9.08. The van der Waals surface area contributed by atoms with Gasteiger partial charge in [0.1, 0.15) is 0 Å². The van der Waals surface area contributed by atoms with Gasteiger partial charge in [-0.05, 0) is 71.0 Å². The third-order valence-electron chi connectivity index (χ3n) is 5.98. The van der Waals surface area contributed by atoms with E-state index in [1.165, 1.54) is 71.0 Å². The van der Waals surface area contributed by atoms with Crippen LogP contribution in [0.25, 0.3) is 22.3 Å². The molecule has 0 aliphatic heterocycles. The summed E-state index contributed by atoms with van der Waals surface area (Å²) in [4.78, 5) is 0. The van der Waals surface area contributed by atoms with Gasteiger partial charge in [0.2, 0.25) is 0 Å². The molecule has 0 aliphatic rings. The molecule has 0 heterocycles. The highest BCUT2D eigenvalue weighted by molar-refractivity contribution is 5.72. The van der Waals surface area contributed by atoms with E-state index in [1.807, 2.05) is 0 Å². The van der Waals surface area contributed by atoms with Gasteiger partial charge in [0.05, 0.1) is 0 Å². The molecule has 30 heavy (non-hydrogen) atoms. The van der Waals surface area contributed by atoms with Crippen LogP contribution >= 0.6 is 0 Å². The number of aryl methyl sites for hydroxylation is 3. The minimum Gasteiger partial charge on any atom is -0.396 e. The van der Waals surface area contributed by atoms with Crippen LogP contribution in [0.15, 0.2) is 66.7 Å². The highest BCUT2D eigenvalue weighted by Crippen LogP contribution is 2.29. The third kappa shape index (κ3) is 6.06. The molecule has 0 aromatic heterocycles. The number of hydrogen-bond acceptors (Lipinski definition) is 1. The largest absolute Gasteiger partial charge is 0.396 e. The average molecular weight is 401 g/mol. The van der Waals surface area contributed by atoms with Gasteiger partial charge in [0.15, 0.2) is 0 Å². The highest BCUT2D eigenvalue weighted by Gasteiger charge is 2.07. The van der Waals surface area contributed by atoms with Crippen molar-refractivity contribution in [1.82, 2.24) is 0 Å². The topological polar surface area (TPSA) is 20.2 Å². The van der Waals surface area contributed by atoms with Crippen molar-refractivity contribution in [1.29, 1.82) is 0 Å². The van der Waals surface area contributed by atoms with E-state index in [9.17, 15) is 0 Å². The second-order valence-corrected chi connectivity index (χ2v) is 8.26. The van der Waals surface area contributed by atoms with Crippen LogP contribution in [0, 0.1) is 0 Å². The lowest BCUT2D eigenvalue weighted by Gasteiger charge is -2.12. The molecule has 0 aliphatic carbocycles. The minimum absolute atomic E-state index is 0.254. The van der Waals surface area contributed by atoms with Crippen molar-refractivity contribution < 1.29 is 5.11 Å². The Hall–Kier alpha value is -2.38. The molecule has 1 N–H and O–H groups in total. The van der Waals surface area contributed by atoms with Crippen LogP contribution in [-0.2, 0) is 19.3 Å². The summed E-state index contributed by atoms with van der Waals surface area (Å²) in [6.07, 6.45) is 9.24. The second-order valence-electron chi connectivity index (χ2n) is 8.26. The van der Waals surface area contributed by atoms with E-state index in [2.05, 4.69) is 80.6 Å². The standard InChI is InChI=1S/C29H36O/c1-3-5-6-7-9-23-11-14-26(15-12-23)27-16-18-28(19-17-27)29-20-13-24(10-8-21-30)22-25(29)4-2/h11-20,22,30H,3-10,21H2,1-2H3. The summed E-state index contributed by atoms with van der Waals surface area (Å²) < 4.78 is 0. The van der Waals surface area contributed by atoms with Crippen LogP contribution in [0.1, 0.15) is 62.6 Å². The number of unbranched alkanes of at least 4 members (excludes halogenated alkanes) is 3. The van der Waals surface area contributed by atoms with E-state index < -0.39 is 0 Å². The molecule has 0 fully saturated rings. The predicted octanol–water partition coefficient (Wildman–Crippen LogP) is 7.63. The highest BCUT2D eigenvalue weighted by atomic mass is 16.2. The van der Waals surface area contributed by atoms with Gasteiger partial charge in [-0.2, -0.15) is 0 Å². The van der Waals surface area contributed by atoms with Crippen molar-refractivity contribution in [2.75, 3.05) is 6.61 Å². The first-order valence-electron chi connectivity index (χ1n) is 11.7. The Balaban J connectivity index is 1.70. The lowest BCUT2D eigenvalue weighted by Crippen LogP contribution is -1.94. The van der Waals surface area contributed by atoms with Gasteiger partial charge < -0.3 is 5.11 Å². The summed E-state index contributed by atoms with van der Waals surface area (Å²) in [5.74, 6) is 0. The molecule has 1 nitrogen and oxygen atoms in total. The van der Waals surface area contributed by atoms with E-state index in [0.717, 1.165) is 19.3 Å². The van der Waals surface area contributed by atoms with Crippen LogP contribution < -0.4 is 0 Å². The van der Waals surface area contributed by atoms with E-state index in [-0.39, 0.29) is 6.61 Å². The molecule has 1 heteroatoms. The van der Waals surface area contributed by atoms with Crippen molar-refractivity contribution in [3.8, 4) is 22.3 Å². The van der Waals surface area contributed by atoms with Gasteiger partial charge in [0, 0.05) is 6.61 Å². The number of aliphatic hydroxyl groups is 1. The molecule has 158 valence electrons. The molecule has 0 unspecified atom stereocenters. The monoisotopic (exact) mass is 400 g/mol. The summed E-state index contributed by atoms with van der Waals surface area (Å²) in [6.45, 7) is 4.73. The van der Waals surface area contributed by atoms with Gasteiger partial charge in [0.25, 0.3) is 0 Å². The summed E-state index contributed by atoms with van der Waals surface area (Å²) in [5, 5.41) is 9.08. The van der Waals surface area contributed by atoms with E-state index in [0.29, 0.717) is 0 Å². The average Bonchev–Trinajstić information content (AvgIpc) is 2.81. The Labute approximate surface area is 182 Å². The minimum atomic E-state index is 0.254. The Morgan fingerprint density at radius 1 is 0.600 bits per heavy atom. The number of rotatable bonds is 11. The van der Waals surface area contributed by atoms with Crippen molar-refractivity contribution in [2.45, 2.75) is 65.2 Å². The molecule has 3 rings (SSSR count). The number of aliphatic hydroxyl groups excluding tert-OH is 1. The summed E-state index contributed by atoms with van der Waals surface area (Å²) in [5.41, 5.74) is 9.29. The maximum absolute atomic E-state index is 9.08. The number of benzene rings is 3. The zero-order valence-electron chi connectivity index (χ0n) is 18.7. The third-order valence-corrected chi connectivity index (χ3v) is 5.98. The molecule has 0 atom stereocenters. The van der Waals surface area contributed by atoms with Crippen molar-refractivity contribution >= 4 is 0 Å². The van der Waals surface area contributed by atoms with Gasteiger partial charge in [-0.1, -0.05) is 99.8 Å². The first-order chi connectivity index (χ1) is 14.7. The first-order valence-corrected chi connectivity index (χ1v) is 11.7. The molecule has 0 saturated heterocycles. The molecule has 3 aromatic carbocycles. The number of hydrogen-bond donors (Lipinski definition) is 1.